The number of hydrogen-bond donors (Lipinski definition) is 2. The minimum absolute atomic E-state index is 0.273. The number of nitrogens with two attached hydrogens (primary N) is 1. The first kappa shape index (κ1) is 11.6. The van der Waals surface area contributed by atoms with Crippen molar-refractivity contribution in [1.82, 2.24) is 0 Å². The van der Waals surface area contributed by atoms with Crippen LogP contribution in [-0.2, 0) is 12.0 Å². The summed E-state index contributed by atoms with van der Waals surface area (Å²) < 4.78 is 0. The van der Waals surface area contributed by atoms with Crippen LogP contribution in [-0.4, -0.2) is 11.1 Å². The minimum Gasteiger partial charge on any atom is -0.385 e. The van der Waals surface area contributed by atoms with Gasteiger partial charge in [0.15, 0.2) is 0 Å². The Morgan fingerprint density at radius 1 is 1.25 bits per heavy atom. The molecule has 0 radical (unpaired) electrons. The number of rotatable bonds is 2. The molecule has 1 aliphatic carbocycles. The van der Waals surface area contributed by atoms with Crippen LogP contribution in [0.15, 0.2) is 24.3 Å². The zero-order chi connectivity index (χ0) is 11.6. The number of aryl methyl sites for hydroxylation is 1. The van der Waals surface area contributed by atoms with Crippen LogP contribution in [0.4, 0.5) is 0 Å². The normalized spacial score (nSPS) is 30.3. The molecule has 1 fully saturated rings. The van der Waals surface area contributed by atoms with Crippen LogP contribution in [0.25, 0.3) is 0 Å². The zero-order valence-corrected chi connectivity index (χ0v) is 9.95. The summed E-state index contributed by atoms with van der Waals surface area (Å²) in [6.07, 6.45) is 4.47. The van der Waals surface area contributed by atoms with Crippen LogP contribution < -0.4 is 5.73 Å². The Hall–Kier alpha value is -0.860. The molecular weight excluding hydrogens is 198 g/mol. The molecule has 1 aliphatic rings. The maximum atomic E-state index is 10.6. The van der Waals surface area contributed by atoms with E-state index < -0.39 is 5.60 Å². The molecule has 3 N–H and O–H groups in total. The van der Waals surface area contributed by atoms with E-state index in [-0.39, 0.29) is 6.04 Å². The van der Waals surface area contributed by atoms with Crippen LogP contribution >= 0.6 is 0 Å². The van der Waals surface area contributed by atoms with Gasteiger partial charge in [-0.1, -0.05) is 31.2 Å². The van der Waals surface area contributed by atoms with Crippen molar-refractivity contribution in [3.8, 4) is 0 Å². The molecule has 16 heavy (non-hydrogen) atoms. The molecule has 0 aliphatic heterocycles. The summed E-state index contributed by atoms with van der Waals surface area (Å²) in [7, 11) is 0. The van der Waals surface area contributed by atoms with E-state index in [1.165, 1.54) is 5.56 Å². The Kier molecular flexibility index (Phi) is 3.31. The maximum Gasteiger partial charge on any atom is 0.0897 e. The monoisotopic (exact) mass is 219 g/mol. The van der Waals surface area contributed by atoms with E-state index in [4.69, 9.17) is 5.73 Å². The van der Waals surface area contributed by atoms with Gasteiger partial charge in [-0.15, -0.1) is 0 Å². The van der Waals surface area contributed by atoms with Gasteiger partial charge in [-0.2, -0.15) is 0 Å². The van der Waals surface area contributed by atoms with Crippen LogP contribution in [0.2, 0.25) is 0 Å². The van der Waals surface area contributed by atoms with Crippen LogP contribution in [0.1, 0.15) is 43.7 Å². The van der Waals surface area contributed by atoms with Gasteiger partial charge in [0.25, 0.3) is 0 Å². The fraction of sp³-hybridized carbons (Fsp3) is 0.571. The molecular formula is C14H21NO. The predicted molar refractivity (Wildman–Crippen MR) is 66.2 cm³/mol. The smallest absolute Gasteiger partial charge is 0.0897 e. The topological polar surface area (TPSA) is 46.2 Å². The number of benzene rings is 1. The van der Waals surface area contributed by atoms with Crippen molar-refractivity contribution < 1.29 is 5.11 Å². The molecule has 0 bridgehead atoms. The molecule has 1 aromatic carbocycles. The molecule has 88 valence electrons. The summed E-state index contributed by atoms with van der Waals surface area (Å²) in [5, 5.41) is 10.6. The lowest BCUT2D eigenvalue weighted by atomic mass is 9.78. The molecule has 0 unspecified atom stereocenters. The highest BCUT2D eigenvalue weighted by Crippen LogP contribution is 2.36. The van der Waals surface area contributed by atoms with Crippen LogP contribution in [0.3, 0.4) is 0 Å². The van der Waals surface area contributed by atoms with Gasteiger partial charge in [0, 0.05) is 6.04 Å². The average molecular weight is 219 g/mol. The van der Waals surface area contributed by atoms with Gasteiger partial charge in [-0.05, 0) is 43.2 Å². The van der Waals surface area contributed by atoms with Gasteiger partial charge in [-0.25, -0.2) is 0 Å². The Morgan fingerprint density at radius 3 is 2.31 bits per heavy atom. The lowest BCUT2D eigenvalue weighted by Gasteiger charge is -2.35. The van der Waals surface area contributed by atoms with E-state index in [0.29, 0.717) is 0 Å². The molecule has 0 saturated heterocycles. The van der Waals surface area contributed by atoms with Crippen molar-refractivity contribution in [3.63, 3.8) is 0 Å². The largest absolute Gasteiger partial charge is 0.385 e. The predicted octanol–water partition coefficient (Wildman–Crippen LogP) is 2.34. The lowest BCUT2D eigenvalue weighted by molar-refractivity contribution is -0.00497. The number of hydrogen-bond acceptors (Lipinski definition) is 2. The van der Waals surface area contributed by atoms with Crippen molar-refractivity contribution in [3.05, 3.63) is 35.4 Å². The Bertz CT molecular complexity index is 336. The average Bonchev–Trinajstić information content (AvgIpc) is 2.33. The van der Waals surface area contributed by atoms with E-state index >= 15 is 0 Å². The first-order valence-electron chi connectivity index (χ1n) is 6.21. The van der Waals surface area contributed by atoms with Crippen molar-refractivity contribution in [2.45, 2.75) is 50.7 Å². The van der Waals surface area contributed by atoms with Crippen molar-refractivity contribution >= 4 is 0 Å². The Labute approximate surface area is 97.5 Å². The standard InChI is InChI=1S/C14H21NO/c1-2-11-3-5-12(6-4-11)14(16)9-7-13(15)8-10-14/h3-6,13,16H,2,7-10,15H2,1H3. The fourth-order valence-corrected chi connectivity index (χ4v) is 2.46. The SMILES string of the molecule is CCc1ccc(C2(O)CCC(N)CC2)cc1. The van der Waals surface area contributed by atoms with E-state index in [9.17, 15) is 5.11 Å². The quantitative estimate of drug-likeness (QED) is 0.802. The molecule has 0 atom stereocenters. The third kappa shape index (κ3) is 2.28. The second kappa shape index (κ2) is 4.56. The van der Waals surface area contributed by atoms with Gasteiger partial charge >= 0.3 is 0 Å². The summed E-state index contributed by atoms with van der Waals surface area (Å²) in [5.74, 6) is 0. The van der Waals surface area contributed by atoms with Gasteiger partial charge in [0.1, 0.15) is 0 Å². The molecule has 1 aromatic rings. The highest BCUT2D eigenvalue weighted by Gasteiger charge is 2.33. The molecule has 2 nitrogen and oxygen atoms in total. The van der Waals surface area contributed by atoms with Gasteiger partial charge in [0.05, 0.1) is 5.60 Å². The van der Waals surface area contributed by atoms with E-state index in [1.54, 1.807) is 0 Å². The molecule has 0 spiro atoms. The fourth-order valence-electron chi connectivity index (χ4n) is 2.46. The third-order valence-corrected chi connectivity index (χ3v) is 3.76. The first-order chi connectivity index (χ1) is 7.64. The van der Waals surface area contributed by atoms with Gasteiger partial charge in [0.2, 0.25) is 0 Å². The van der Waals surface area contributed by atoms with Gasteiger partial charge in [-0.3, -0.25) is 0 Å². The summed E-state index contributed by atoms with van der Waals surface area (Å²) in [6.45, 7) is 2.14. The van der Waals surface area contributed by atoms with Crippen LogP contribution in [0.5, 0.6) is 0 Å². The second-order valence-electron chi connectivity index (χ2n) is 4.92. The number of aliphatic hydroxyl groups is 1. The van der Waals surface area contributed by atoms with Crippen molar-refractivity contribution in [2.75, 3.05) is 0 Å². The third-order valence-electron chi connectivity index (χ3n) is 3.76. The Morgan fingerprint density at radius 2 is 1.81 bits per heavy atom. The van der Waals surface area contributed by atoms with Crippen molar-refractivity contribution in [1.29, 1.82) is 0 Å². The molecule has 2 heteroatoms. The molecule has 0 aromatic heterocycles. The summed E-state index contributed by atoms with van der Waals surface area (Å²) in [5.41, 5.74) is 7.60. The van der Waals surface area contributed by atoms with Crippen molar-refractivity contribution in [2.24, 2.45) is 5.73 Å². The molecule has 1 saturated carbocycles. The summed E-state index contributed by atoms with van der Waals surface area (Å²) >= 11 is 0. The van der Waals surface area contributed by atoms with E-state index in [1.807, 2.05) is 0 Å². The summed E-state index contributed by atoms with van der Waals surface area (Å²) in [4.78, 5) is 0. The highest BCUT2D eigenvalue weighted by molar-refractivity contribution is 5.27. The highest BCUT2D eigenvalue weighted by atomic mass is 16.3. The van der Waals surface area contributed by atoms with E-state index in [0.717, 1.165) is 37.7 Å². The van der Waals surface area contributed by atoms with E-state index in [2.05, 4.69) is 31.2 Å². The minimum atomic E-state index is -0.637. The maximum absolute atomic E-state index is 10.6. The second-order valence-corrected chi connectivity index (χ2v) is 4.92. The molecule has 0 amide bonds. The summed E-state index contributed by atoms with van der Waals surface area (Å²) in [6, 6.07) is 8.63. The first-order valence-corrected chi connectivity index (χ1v) is 6.21. The van der Waals surface area contributed by atoms with Crippen LogP contribution in [0, 0.1) is 0 Å². The lowest BCUT2D eigenvalue weighted by Crippen LogP contribution is -2.36. The van der Waals surface area contributed by atoms with Gasteiger partial charge < -0.3 is 10.8 Å². The Balaban J connectivity index is 2.16. The zero-order valence-electron chi connectivity index (χ0n) is 9.95. The molecule has 2 rings (SSSR count). The molecule has 0 heterocycles.